The van der Waals surface area contributed by atoms with E-state index in [0.29, 0.717) is 0 Å². The van der Waals surface area contributed by atoms with Gasteiger partial charge in [-0.1, -0.05) is 44.2 Å². The fraction of sp³-hybridized carbons (Fsp3) is 0.500. The number of aromatic nitrogens is 2. The summed E-state index contributed by atoms with van der Waals surface area (Å²) in [6, 6.07) is 8.72. The first-order valence-corrected chi connectivity index (χ1v) is 8.19. The zero-order chi connectivity index (χ0) is 14.3. The van der Waals surface area contributed by atoms with Crippen LogP contribution in [0.3, 0.4) is 0 Å². The summed E-state index contributed by atoms with van der Waals surface area (Å²) in [5.74, 6) is 0.945. The molecule has 3 nitrogen and oxygen atoms in total. The predicted molar refractivity (Wildman–Crippen MR) is 87.5 cm³/mol. The molecule has 1 heterocycles. The Kier molecular flexibility index (Phi) is 4.93. The van der Waals surface area contributed by atoms with Crippen molar-refractivity contribution < 1.29 is 0 Å². The number of hydrogen-bond donors (Lipinski definition) is 1. The Morgan fingerprint density at radius 2 is 2.10 bits per heavy atom. The number of benzene rings is 1. The summed E-state index contributed by atoms with van der Waals surface area (Å²) in [5.41, 5.74) is 2.55. The lowest BCUT2D eigenvalue weighted by atomic mass is 9.87. The maximum absolute atomic E-state index is 4.09. The van der Waals surface area contributed by atoms with E-state index in [1.807, 2.05) is 18.7 Å². The lowest BCUT2D eigenvalue weighted by Gasteiger charge is -2.21. The van der Waals surface area contributed by atoms with Crippen LogP contribution in [0.5, 0.6) is 0 Å². The highest BCUT2D eigenvalue weighted by Crippen LogP contribution is 2.26. The number of imidazole rings is 1. The minimum Gasteiger partial charge on any atom is -0.385 e. The van der Waals surface area contributed by atoms with E-state index < -0.39 is 0 Å². The molecule has 0 unspecified atom stereocenters. The first-order chi connectivity index (χ1) is 10.4. The number of nitrogens with one attached hydrogen (secondary N) is 1. The molecular weight excluding hydrogens is 258 g/mol. The second-order valence-corrected chi connectivity index (χ2v) is 6.15. The van der Waals surface area contributed by atoms with Gasteiger partial charge < -0.3 is 9.88 Å². The molecule has 1 aliphatic carbocycles. The Morgan fingerprint density at radius 3 is 2.90 bits per heavy atom. The Balaban J connectivity index is 1.48. The van der Waals surface area contributed by atoms with Crippen LogP contribution in [-0.4, -0.2) is 16.1 Å². The highest BCUT2D eigenvalue weighted by molar-refractivity contribution is 5.45. The van der Waals surface area contributed by atoms with Crippen LogP contribution in [0.25, 0.3) is 0 Å². The number of anilines is 1. The molecule has 1 aliphatic rings. The number of rotatable bonds is 6. The van der Waals surface area contributed by atoms with Crippen molar-refractivity contribution in [2.24, 2.45) is 5.92 Å². The molecule has 1 saturated carbocycles. The minimum absolute atomic E-state index is 0.887. The van der Waals surface area contributed by atoms with E-state index in [4.69, 9.17) is 0 Å². The molecule has 0 amide bonds. The summed E-state index contributed by atoms with van der Waals surface area (Å²) in [4.78, 5) is 4.09. The smallest absolute Gasteiger partial charge is 0.0949 e. The third kappa shape index (κ3) is 4.35. The average molecular weight is 283 g/mol. The van der Waals surface area contributed by atoms with E-state index in [9.17, 15) is 0 Å². The minimum atomic E-state index is 0.887. The van der Waals surface area contributed by atoms with Crippen molar-refractivity contribution in [3.05, 3.63) is 48.5 Å². The Morgan fingerprint density at radius 1 is 1.19 bits per heavy atom. The lowest BCUT2D eigenvalue weighted by molar-refractivity contribution is 0.345. The van der Waals surface area contributed by atoms with Gasteiger partial charge in [-0.05, 0) is 30.0 Å². The molecule has 21 heavy (non-hydrogen) atoms. The van der Waals surface area contributed by atoms with Crippen LogP contribution in [-0.2, 0) is 6.54 Å². The van der Waals surface area contributed by atoms with E-state index in [0.717, 1.165) is 19.0 Å². The zero-order valence-electron chi connectivity index (χ0n) is 12.7. The number of nitrogens with zero attached hydrogens (tertiary/aromatic N) is 2. The van der Waals surface area contributed by atoms with Crippen molar-refractivity contribution in [3.8, 4) is 0 Å². The molecule has 0 spiro atoms. The van der Waals surface area contributed by atoms with E-state index in [2.05, 4.69) is 39.1 Å². The van der Waals surface area contributed by atoms with Gasteiger partial charge in [0.2, 0.25) is 0 Å². The standard InChI is InChI=1S/C18H25N3/c1-2-5-16(6-3-1)9-10-20-18-8-4-7-17(13-18)14-21-12-11-19-15-21/h4,7-8,11-13,15-16,20H,1-3,5-6,9-10,14H2. The van der Waals surface area contributed by atoms with Crippen molar-refractivity contribution in [3.63, 3.8) is 0 Å². The predicted octanol–water partition coefficient (Wildman–Crippen LogP) is 4.31. The second-order valence-electron chi connectivity index (χ2n) is 6.15. The molecule has 3 rings (SSSR count). The molecule has 0 atom stereocenters. The normalized spacial score (nSPS) is 16.0. The zero-order valence-corrected chi connectivity index (χ0v) is 12.7. The van der Waals surface area contributed by atoms with Gasteiger partial charge >= 0.3 is 0 Å². The molecule has 1 aromatic heterocycles. The third-order valence-electron chi connectivity index (χ3n) is 4.46. The van der Waals surface area contributed by atoms with Crippen LogP contribution in [0.4, 0.5) is 5.69 Å². The highest BCUT2D eigenvalue weighted by Gasteiger charge is 2.12. The van der Waals surface area contributed by atoms with Crippen molar-refractivity contribution in [1.82, 2.24) is 9.55 Å². The molecule has 1 aromatic carbocycles. The molecule has 1 fully saturated rings. The molecule has 0 saturated heterocycles. The van der Waals surface area contributed by atoms with Gasteiger partial charge in [0.15, 0.2) is 0 Å². The van der Waals surface area contributed by atoms with Gasteiger partial charge in [-0.15, -0.1) is 0 Å². The molecule has 2 aromatic rings. The van der Waals surface area contributed by atoms with Gasteiger partial charge in [-0.25, -0.2) is 4.98 Å². The van der Waals surface area contributed by atoms with Crippen LogP contribution >= 0.6 is 0 Å². The maximum Gasteiger partial charge on any atom is 0.0949 e. The van der Waals surface area contributed by atoms with Crippen LogP contribution < -0.4 is 5.32 Å². The Hall–Kier alpha value is -1.77. The van der Waals surface area contributed by atoms with Crippen molar-refractivity contribution in [1.29, 1.82) is 0 Å². The Labute approximate surface area is 127 Å². The largest absolute Gasteiger partial charge is 0.385 e. The molecule has 112 valence electrons. The Bertz CT molecular complexity index is 527. The van der Waals surface area contributed by atoms with Crippen LogP contribution in [0, 0.1) is 5.92 Å². The second kappa shape index (κ2) is 7.30. The first kappa shape index (κ1) is 14.2. The molecule has 0 radical (unpaired) electrons. The topological polar surface area (TPSA) is 29.9 Å². The summed E-state index contributed by atoms with van der Waals surface area (Å²) in [5, 5.41) is 3.59. The molecule has 1 N–H and O–H groups in total. The van der Waals surface area contributed by atoms with E-state index in [1.165, 1.54) is 49.8 Å². The summed E-state index contributed by atoms with van der Waals surface area (Å²) >= 11 is 0. The quantitative estimate of drug-likeness (QED) is 0.856. The average Bonchev–Trinajstić information content (AvgIpc) is 3.02. The van der Waals surface area contributed by atoms with Gasteiger partial charge in [-0.3, -0.25) is 0 Å². The van der Waals surface area contributed by atoms with Crippen LogP contribution in [0.15, 0.2) is 43.0 Å². The highest BCUT2D eigenvalue weighted by atomic mass is 15.0. The summed E-state index contributed by atoms with van der Waals surface area (Å²) in [6.07, 6.45) is 14.2. The van der Waals surface area contributed by atoms with Gasteiger partial charge in [-0.2, -0.15) is 0 Å². The fourth-order valence-electron chi connectivity index (χ4n) is 3.27. The third-order valence-corrected chi connectivity index (χ3v) is 4.46. The number of hydrogen-bond acceptors (Lipinski definition) is 2. The van der Waals surface area contributed by atoms with Crippen molar-refractivity contribution in [2.75, 3.05) is 11.9 Å². The summed E-state index contributed by atoms with van der Waals surface area (Å²) < 4.78 is 2.10. The van der Waals surface area contributed by atoms with Crippen LogP contribution in [0.1, 0.15) is 44.1 Å². The maximum atomic E-state index is 4.09. The van der Waals surface area contributed by atoms with Gasteiger partial charge in [0.1, 0.15) is 0 Å². The summed E-state index contributed by atoms with van der Waals surface area (Å²) in [7, 11) is 0. The summed E-state index contributed by atoms with van der Waals surface area (Å²) in [6.45, 7) is 1.98. The van der Waals surface area contributed by atoms with E-state index in [1.54, 1.807) is 0 Å². The van der Waals surface area contributed by atoms with E-state index >= 15 is 0 Å². The van der Waals surface area contributed by atoms with E-state index in [-0.39, 0.29) is 0 Å². The van der Waals surface area contributed by atoms with Crippen molar-refractivity contribution >= 4 is 5.69 Å². The van der Waals surface area contributed by atoms with Crippen LogP contribution in [0.2, 0.25) is 0 Å². The molecule has 0 bridgehead atoms. The van der Waals surface area contributed by atoms with Gasteiger partial charge in [0, 0.05) is 31.2 Å². The fourth-order valence-corrected chi connectivity index (χ4v) is 3.27. The molecular formula is C18H25N3. The SMILES string of the molecule is c1cc(Cn2ccnc2)cc(NCCC2CCCCC2)c1. The van der Waals surface area contributed by atoms with Gasteiger partial charge in [0.25, 0.3) is 0 Å². The first-order valence-electron chi connectivity index (χ1n) is 8.19. The van der Waals surface area contributed by atoms with Crippen molar-refractivity contribution in [2.45, 2.75) is 45.1 Å². The molecule has 0 aliphatic heterocycles. The lowest BCUT2D eigenvalue weighted by Crippen LogP contribution is -2.12. The van der Waals surface area contributed by atoms with Gasteiger partial charge in [0.05, 0.1) is 6.33 Å². The molecule has 3 heteroatoms. The monoisotopic (exact) mass is 283 g/mol.